The van der Waals surface area contributed by atoms with Crippen molar-refractivity contribution in [1.29, 1.82) is 0 Å². The van der Waals surface area contributed by atoms with Crippen LogP contribution in [0.25, 0.3) is 0 Å². The summed E-state index contributed by atoms with van der Waals surface area (Å²) >= 11 is 0. The number of fused-ring (bicyclic) bond motifs is 3. The standard InChI is InChI=1S/C31H33NO2/c33-21-22-14-18-32(19-15-22)26-9-7-24(8-10-26)30-28-12-11-27(34)20-25(28)13-17-31(30)16-3-5-23-4-1-2-6-29(23)31/h1-2,4,6-12,20-22,30,34H,3,5,13-19H2/t30-,31+/m1/s1. The van der Waals surface area contributed by atoms with Gasteiger partial charge < -0.3 is 14.8 Å². The number of hydrogen-bond donors (Lipinski definition) is 1. The summed E-state index contributed by atoms with van der Waals surface area (Å²) < 4.78 is 0. The molecule has 1 saturated heterocycles. The number of aryl methyl sites for hydroxylation is 2. The van der Waals surface area contributed by atoms with Gasteiger partial charge in [-0.15, -0.1) is 0 Å². The van der Waals surface area contributed by atoms with Gasteiger partial charge in [0, 0.05) is 36.0 Å². The zero-order valence-electron chi connectivity index (χ0n) is 19.7. The second-order valence-corrected chi connectivity index (χ2v) is 10.5. The summed E-state index contributed by atoms with van der Waals surface area (Å²) in [5.41, 5.74) is 8.44. The Hall–Kier alpha value is -3.07. The smallest absolute Gasteiger partial charge is 0.123 e. The van der Waals surface area contributed by atoms with E-state index in [-0.39, 0.29) is 17.3 Å². The molecule has 1 N–H and O–H groups in total. The molecule has 2 atom stereocenters. The highest BCUT2D eigenvalue weighted by Crippen LogP contribution is 2.56. The van der Waals surface area contributed by atoms with Crippen LogP contribution in [0, 0.1) is 5.92 Å². The van der Waals surface area contributed by atoms with E-state index in [9.17, 15) is 9.90 Å². The molecular weight excluding hydrogens is 418 g/mol. The van der Waals surface area contributed by atoms with E-state index in [1.807, 2.05) is 12.1 Å². The Kier molecular flexibility index (Phi) is 5.44. The summed E-state index contributed by atoms with van der Waals surface area (Å²) in [5, 5.41) is 10.2. The van der Waals surface area contributed by atoms with E-state index in [0.717, 1.165) is 45.1 Å². The van der Waals surface area contributed by atoms with Crippen molar-refractivity contribution in [2.24, 2.45) is 5.92 Å². The SMILES string of the molecule is O=CC1CCN(c2ccc([C@@H]3c4ccc(O)cc4CC[C@]34CCCc3ccccc34)cc2)CC1. The van der Waals surface area contributed by atoms with Crippen molar-refractivity contribution < 1.29 is 9.90 Å². The van der Waals surface area contributed by atoms with Gasteiger partial charge in [0.25, 0.3) is 0 Å². The van der Waals surface area contributed by atoms with Crippen molar-refractivity contribution >= 4 is 12.0 Å². The normalized spacial score (nSPS) is 24.5. The molecule has 3 aromatic carbocycles. The summed E-state index contributed by atoms with van der Waals surface area (Å²) in [6.07, 6.45) is 8.75. The first kappa shape index (κ1) is 21.5. The predicted molar refractivity (Wildman–Crippen MR) is 137 cm³/mol. The zero-order chi connectivity index (χ0) is 23.1. The maximum Gasteiger partial charge on any atom is 0.123 e. The van der Waals surface area contributed by atoms with Gasteiger partial charge in [-0.05, 0) is 97.0 Å². The highest BCUT2D eigenvalue weighted by atomic mass is 16.3. The fraction of sp³-hybridized carbons (Fsp3) is 0.387. The summed E-state index contributed by atoms with van der Waals surface area (Å²) in [4.78, 5) is 13.6. The van der Waals surface area contributed by atoms with Crippen LogP contribution in [0.5, 0.6) is 5.75 Å². The fourth-order valence-electron chi connectivity index (χ4n) is 7.07. The maximum absolute atomic E-state index is 11.1. The number of anilines is 1. The molecule has 0 radical (unpaired) electrons. The number of carbonyl (C=O) groups excluding carboxylic acids is 1. The van der Waals surface area contributed by atoms with Crippen molar-refractivity contribution in [3.8, 4) is 5.75 Å². The molecule has 0 amide bonds. The topological polar surface area (TPSA) is 40.5 Å². The molecule has 34 heavy (non-hydrogen) atoms. The molecule has 6 rings (SSSR count). The Morgan fingerprint density at radius 1 is 0.882 bits per heavy atom. The molecular formula is C31H33NO2. The van der Waals surface area contributed by atoms with Crippen LogP contribution in [0.4, 0.5) is 5.69 Å². The van der Waals surface area contributed by atoms with E-state index in [4.69, 9.17) is 0 Å². The Labute approximate surface area is 202 Å². The number of aldehydes is 1. The Bertz CT molecular complexity index is 1190. The molecule has 1 fully saturated rings. The molecule has 0 unspecified atom stereocenters. The molecule has 0 aromatic heterocycles. The Morgan fingerprint density at radius 3 is 2.47 bits per heavy atom. The summed E-state index contributed by atoms with van der Waals surface area (Å²) in [6, 6.07) is 24.4. The van der Waals surface area contributed by atoms with E-state index in [1.165, 1.54) is 52.8 Å². The van der Waals surface area contributed by atoms with Gasteiger partial charge in [-0.1, -0.05) is 42.5 Å². The Morgan fingerprint density at radius 2 is 1.68 bits per heavy atom. The third-order valence-electron chi connectivity index (χ3n) is 8.78. The molecule has 3 nitrogen and oxygen atoms in total. The lowest BCUT2D eigenvalue weighted by atomic mass is 9.54. The quantitative estimate of drug-likeness (QED) is 0.485. The third kappa shape index (κ3) is 3.53. The van der Waals surface area contributed by atoms with Crippen molar-refractivity contribution in [3.63, 3.8) is 0 Å². The zero-order valence-corrected chi connectivity index (χ0v) is 19.7. The van der Waals surface area contributed by atoms with Crippen LogP contribution < -0.4 is 4.90 Å². The highest BCUT2D eigenvalue weighted by Gasteiger charge is 2.47. The summed E-state index contributed by atoms with van der Waals surface area (Å²) in [6.45, 7) is 1.90. The van der Waals surface area contributed by atoms with Crippen LogP contribution in [-0.4, -0.2) is 24.5 Å². The maximum atomic E-state index is 11.1. The molecule has 3 aromatic rings. The van der Waals surface area contributed by atoms with Gasteiger partial charge in [-0.3, -0.25) is 0 Å². The summed E-state index contributed by atoms with van der Waals surface area (Å²) in [7, 11) is 0. The number of piperidine rings is 1. The molecule has 1 spiro atoms. The monoisotopic (exact) mass is 451 g/mol. The second-order valence-electron chi connectivity index (χ2n) is 10.5. The highest BCUT2D eigenvalue weighted by molar-refractivity contribution is 5.57. The van der Waals surface area contributed by atoms with Gasteiger partial charge in [0.1, 0.15) is 12.0 Å². The molecule has 2 aliphatic carbocycles. The number of aromatic hydroxyl groups is 1. The number of rotatable bonds is 3. The average molecular weight is 452 g/mol. The number of hydrogen-bond acceptors (Lipinski definition) is 3. The van der Waals surface area contributed by atoms with Crippen LogP contribution in [0.1, 0.15) is 65.8 Å². The number of carbonyl (C=O) groups is 1. The van der Waals surface area contributed by atoms with Crippen molar-refractivity contribution in [2.45, 2.75) is 56.3 Å². The van der Waals surface area contributed by atoms with Crippen LogP contribution in [0.15, 0.2) is 66.7 Å². The Balaban J connectivity index is 1.42. The largest absolute Gasteiger partial charge is 0.508 e. The minimum absolute atomic E-state index is 0.0998. The summed E-state index contributed by atoms with van der Waals surface area (Å²) in [5.74, 6) is 0.872. The van der Waals surface area contributed by atoms with Crippen molar-refractivity contribution in [3.05, 3.63) is 94.5 Å². The van der Waals surface area contributed by atoms with Gasteiger partial charge >= 0.3 is 0 Å². The van der Waals surface area contributed by atoms with E-state index in [1.54, 1.807) is 0 Å². The lowest BCUT2D eigenvalue weighted by Crippen LogP contribution is -2.41. The van der Waals surface area contributed by atoms with Gasteiger partial charge in [-0.2, -0.15) is 0 Å². The minimum Gasteiger partial charge on any atom is -0.508 e. The number of phenols is 1. The molecule has 1 heterocycles. The van der Waals surface area contributed by atoms with Crippen LogP contribution >= 0.6 is 0 Å². The molecule has 0 bridgehead atoms. The van der Waals surface area contributed by atoms with E-state index in [0.29, 0.717) is 5.75 Å². The van der Waals surface area contributed by atoms with Gasteiger partial charge in [-0.25, -0.2) is 0 Å². The molecule has 3 heteroatoms. The lowest BCUT2D eigenvalue weighted by Gasteiger charge is -2.49. The molecule has 1 aliphatic heterocycles. The predicted octanol–water partition coefficient (Wildman–Crippen LogP) is 6.16. The molecule has 174 valence electrons. The van der Waals surface area contributed by atoms with Crippen molar-refractivity contribution in [1.82, 2.24) is 0 Å². The van der Waals surface area contributed by atoms with Crippen LogP contribution in [0.3, 0.4) is 0 Å². The minimum atomic E-state index is 0.0998. The van der Waals surface area contributed by atoms with Gasteiger partial charge in [0.2, 0.25) is 0 Å². The van der Waals surface area contributed by atoms with Gasteiger partial charge in [0.15, 0.2) is 0 Å². The number of benzene rings is 3. The van der Waals surface area contributed by atoms with Crippen molar-refractivity contribution in [2.75, 3.05) is 18.0 Å². The number of phenolic OH excluding ortho intramolecular Hbond substituents is 1. The van der Waals surface area contributed by atoms with Gasteiger partial charge in [0.05, 0.1) is 0 Å². The first-order chi connectivity index (χ1) is 16.7. The van der Waals surface area contributed by atoms with Crippen LogP contribution in [-0.2, 0) is 23.1 Å². The van der Waals surface area contributed by atoms with E-state index in [2.05, 4.69) is 59.5 Å². The average Bonchev–Trinajstić information content (AvgIpc) is 2.89. The third-order valence-corrected chi connectivity index (χ3v) is 8.78. The molecule has 3 aliphatic rings. The lowest BCUT2D eigenvalue weighted by molar-refractivity contribution is -0.111. The van der Waals surface area contributed by atoms with E-state index >= 15 is 0 Å². The molecule has 0 saturated carbocycles. The number of nitrogens with zero attached hydrogens (tertiary/aromatic N) is 1. The second kappa shape index (κ2) is 8.61. The first-order valence-electron chi connectivity index (χ1n) is 12.9. The first-order valence-corrected chi connectivity index (χ1v) is 12.9. The fourth-order valence-corrected chi connectivity index (χ4v) is 7.07. The van der Waals surface area contributed by atoms with Crippen LogP contribution in [0.2, 0.25) is 0 Å². The van der Waals surface area contributed by atoms with E-state index < -0.39 is 0 Å².